The van der Waals surface area contributed by atoms with Crippen molar-refractivity contribution < 1.29 is 9.31 Å². The van der Waals surface area contributed by atoms with Gasteiger partial charge < -0.3 is 9.31 Å². The van der Waals surface area contributed by atoms with Crippen LogP contribution in [0, 0.1) is 11.8 Å². The topological polar surface area (TPSA) is 18.5 Å². The van der Waals surface area contributed by atoms with Crippen molar-refractivity contribution in [3.05, 3.63) is 11.5 Å². The minimum atomic E-state index is -0.220. The Kier molecular flexibility index (Phi) is 3.20. The van der Waals surface area contributed by atoms with Crippen molar-refractivity contribution >= 4 is 7.12 Å². The van der Waals surface area contributed by atoms with E-state index in [1.165, 1.54) is 11.9 Å². The lowest BCUT2D eigenvalue weighted by molar-refractivity contribution is 0.00578. The fraction of sp³-hybridized carbons (Fsp3) is 0.857. The third-order valence-electron chi connectivity index (χ3n) is 4.41. The van der Waals surface area contributed by atoms with Crippen LogP contribution in [0.15, 0.2) is 11.5 Å². The molecule has 1 fully saturated rings. The third-order valence-corrected chi connectivity index (χ3v) is 4.41. The normalized spacial score (nSPS) is 35.9. The van der Waals surface area contributed by atoms with Crippen molar-refractivity contribution in [3.63, 3.8) is 0 Å². The Bertz CT molecular complexity index is 317. The van der Waals surface area contributed by atoms with E-state index in [4.69, 9.17) is 9.31 Å². The van der Waals surface area contributed by atoms with Gasteiger partial charge in [0.2, 0.25) is 0 Å². The van der Waals surface area contributed by atoms with Gasteiger partial charge in [-0.2, -0.15) is 0 Å². The third kappa shape index (κ3) is 2.46. The molecule has 0 amide bonds. The predicted molar refractivity (Wildman–Crippen MR) is 71.7 cm³/mol. The fourth-order valence-electron chi connectivity index (χ4n) is 2.79. The largest absolute Gasteiger partial charge is 0.490 e. The molecule has 1 aliphatic carbocycles. The van der Waals surface area contributed by atoms with Crippen LogP contribution < -0.4 is 0 Å². The Morgan fingerprint density at radius 3 is 2.12 bits per heavy atom. The minimum absolute atomic E-state index is 0.134. The van der Waals surface area contributed by atoms with E-state index in [-0.39, 0.29) is 18.3 Å². The molecule has 0 aromatic rings. The molecule has 2 atom stereocenters. The monoisotopic (exact) mass is 236 g/mol. The molecule has 3 heteroatoms. The molecule has 2 nitrogen and oxygen atoms in total. The molecule has 0 aromatic heterocycles. The maximum atomic E-state index is 6.11. The molecule has 1 aliphatic heterocycles. The predicted octanol–water partition coefficient (Wildman–Crippen LogP) is 3.61. The Morgan fingerprint density at radius 1 is 1.12 bits per heavy atom. The molecule has 17 heavy (non-hydrogen) atoms. The van der Waals surface area contributed by atoms with Gasteiger partial charge in [-0.3, -0.25) is 0 Å². The first-order valence-corrected chi connectivity index (χ1v) is 6.77. The lowest BCUT2D eigenvalue weighted by Crippen LogP contribution is -2.41. The number of hydrogen-bond donors (Lipinski definition) is 0. The zero-order chi connectivity index (χ0) is 12.8. The maximum Gasteiger partial charge on any atom is 0.490 e. The second-order valence-corrected chi connectivity index (χ2v) is 6.85. The molecule has 0 spiro atoms. The standard InChI is InChI=1S/C14H25BO2/c1-10-7-11(2)9-12(8-10)15-16-13(3,4)14(5,6)17-15/h8,10-11H,7,9H2,1-6H3. The lowest BCUT2D eigenvalue weighted by Gasteiger charge is -2.32. The highest BCUT2D eigenvalue weighted by atomic mass is 16.7. The van der Waals surface area contributed by atoms with Crippen LogP contribution >= 0.6 is 0 Å². The molecule has 2 unspecified atom stereocenters. The van der Waals surface area contributed by atoms with Crippen LogP contribution in [0.3, 0.4) is 0 Å². The first-order valence-electron chi connectivity index (χ1n) is 6.77. The van der Waals surface area contributed by atoms with Crippen molar-refractivity contribution in [2.45, 2.75) is 65.6 Å². The first kappa shape index (κ1) is 13.2. The van der Waals surface area contributed by atoms with Gasteiger partial charge in [-0.05, 0) is 57.8 Å². The van der Waals surface area contributed by atoms with E-state index in [0.29, 0.717) is 5.92 Å². The van der Waals surface area contributed by atoms with Gasteiger partial charge in [0.15, 0.2) is 0 Å². The molecule has 0 N–H and O–H groups in total. The van der Waals surface area contributed by atoms with Crippen LogP contribution in [0.5, 0.6) is 0 Å². The highest BCUT2D eigenvalue weighted by molar-refractivity contribution is 6.54. The van der Waals surface area contributed by atoms with Gasteiger partial charge in [-0.25, -0.2) is 0 Å². The van der Waals surface area contributed by atoms with Gasteiger partial charge in [-0.1, -0.05) is 19.9 Å². The minimum Gasteiger partial charge on any atom is -0.400 e. The second kappa shape index (κ2) is 4.13. The maximum absolute atomic E-state index is 6.11. The summed E-state index contributed by atoms with van der Waals surface area (Å²) in [7, 11) is -0.134. The van der Waals surface area contributed by atoms with E-state index in [0.717, 1.165) is 12.3 Å². The van der Waals surface area contributed by atoms with Gasteiger partial charge in [0.05, 0.1) is 11.2 Å². The van der Waals surface area contributed by atoms with Gasteiger partial charge >= 0.3 is 7.12 Å². The molecule has 2 aliphatic rings. The van der Waals surface area contributed by atoms with Gasteiger partial charge in [0, 0.05) is 0 Å². The molecule has 0 radical (unpaired) electrons. The van der Waals surface area contributed by atoms with Crippen LogP contribution in [-0.2, 0) is 9.31 Å². The summed E-state index contributed by atoms with van der Waals surface area (Å²) in [5.74, 6) is 1.39. The summed E-state index contributed by atoms with van der Waals surface area (Å²) in [5, 5.41) is 0. The average Bonchev–Trinajstić information content (AvgIpc) is 2.34. The molecule has 0 saturated carbocycles. The van der Waals surface area contributed by atoms with Crippen LogP contribution in [-0.4, -0.2) is 18.3 Å². The van der Waals surface area contributed by atoms with E-state index < -0.39 is 0 Å². The molecule has 1 heterocycles. The molecular weight excluding hydrogens is 211 g/mol. The fourth-order valence-corrected chi connectivity index (χ4v) is 2.79. The quantitative estimate of drug-likeness (QED) is 0.647. The van der Waals surface area contributed by atoms with Crippen LogP contribution in [0.4, 0.5) is 0 Å². The number of hydrogen-bond acceptors (Lipinski definition) is 2. The highest BCUT2D eigenvalue weighted by Crippen LogP contribution is 2.41. The van der Waals surface area contributed by atoms with Gasteiger partial charge in [0.1, 0.15) is 0 Å². The van der Waals surface area contributed by atoms with E-state index in [1.54, 1.807) is 0 Å². The van der Waals surface area contributed by atoms with E-state index in [9.17, 15) is 0 Å². The van der Waals surface area contributed by atoms with Crippen molar-refractivity contribution in [1.29, 1.82) is 0 Å². The zero-order valence-corrected chi connectivity index (χ0v) is 12.0. The number of rotatable bonds is 1. The van der Waals surface area contributed by atoms with Gasteiger partial charge in [0.25, 0.3) is 0 Å². The van der Waals surface area contributed by atoms with Crippen LogP contribution in [0.2, 0.25) is 0 Å². The smallest absolute Gasteiger partial charge is 0.400 e. The molecule has 96 valence electrons. The summed E-state index contributed by atoms with van der Waals surface area (Å²) in [6.07, 6.45) is 4.74. The molecule has 2 rings (SSSR count). The Labute approximate surface area is 106 Å². The SMILES string of the molecule is CC1C=C(B2OC(C)(C)C(C)(C)O2)CC(C)C1. The summed E-state index contributed by atoms with van der Waals surface area (Å²) >= 11 is 0. The summed E-state index contributed by atoms with van der Waals surface area (Å²) in [4.78, 5) is 0. The van der Waals surface area contributed by atoms with Gasteiger partial charge in [-0.15, -0.1) is 0 Å². The summed E-state index contributed by atoms with van der Waals surface area (Å²) in [6, 6.07) is 0. The Hall–Kier alpha value is -0.275. The zero-order valence-electron chi connectivity index (χ0n) is 12.0. The summed E-state index contributed by atoms with van der Waals surface area (Å²) in [5.41, 5.74) is 0.903. The molecular formula is C14H25BO2. The first-order chi connectivity index (χ1) is 7.71. The second-order valence-electron chi connectivity index (χ2n) is 6.85. The van der Waals surface area contributed by atoms with Crippen molar-refractivity contribution in [3.8, 4) is 0 Å². The molecule has 0 aromatic carbocycles. The summed E-state index contributed by atoms with van der Waals surface area (Å²) in [6.45, 7) is 13.1. The van der Waals surface area contributed by atoms with Crippen LogP contribution in [0.1, 0.15) is 54.4 Å². The van der Waals surface area contributed by atoms with E-state index in [1.807, 2.05) is 0 Å². The Balaban J connectivity index is 2.16. The molecule has 0 bridgehead atoms. The van der Waals surface area contributed by atoms with Crippen molar-refractivity contribution in [2.24, 2.45) is 11.8 Å². The highest BCUT2D eigenvalue weighted by Gasteiger charge is 2.52. The number of allylic oxidation sites excluding steroid dienone is 2. The summed E-state index contributed by atoms with van der Waals surface area (Å²) < 4.78 is 12.2. The van der Waals surface area contributed by atoms with Crippen LogP contribution in [0.25, 0.3) is 0 Å². The molecule has 1 saturated heterocycles. The van der Waals surface area contributed by atoms with E-state index in [2.05, 4.69) is 47.6 Å². The van der Waals surface area contributed by atoms with E-state index >= 15 is 0 Å². The average molecular weight is 236 g/mol. The van der Waals surface area contributed by atoms with Crippen molar-refractivity contribution in [1.82, 2.24) is 0 Å². The Morgan fingerprint density at radius 2 is 1.65 bits per heavy atom. The van der Waals surface area contributed by atoms with Crippen molar-refractivity contribution in [2.75, 3.05) is 0 Å². The lowest BCUT2D eigenvalue weighted by atomic mass is 9.68.